The van der Waals surface area contributed by atoms with Gasteiger partial charge in [-0.3, -0.25) is 10.1 Å². The summed E-state index contributed by atoms with van der Waals surface area (Å²) in [6.45, 7) is 3.25. The minimum absolute atomic E-state index is 0.315. The summed E-state index contributed by atoms with van der Waals surface area (Å²) in [6.07, 6.45) is 0. The molecule has 0 aliphatic heterocycles. The van der Waals surface area contributed by atoms with Crippen molar-refractivity contribution in [3.63, 3.8) is 0 Å². The van der Waals surface area contributed by atoms with E-state index >= 15 is 0 Å². The number of rotatable bonds is 4. The molecule has 0 aliphatic carbocycles. The van der Waals surface area contributed by atoms with E-state index < -0.39 is 24.5 Å². The molecule has 0 fully saturated rings. The van der Waals surface area contributed by atoms with Crippen LogP contribution in [0.15, 0.2) is 46.9 Å². The molecular formula is C18H17BrN2O4. The van der Waals surface area contributed by atoms with Gasteiger partial charge in [-0.25, -0.2) is 9.59 Å². The molecule has 130 valence electrons. The minimum atomic E-state index is -0.715. The van der Waals surface area contributed by atoms with Crippen LogP contribution in [0.5, 0.6) is 0 Å². The molecule has 0 unspecified atom stereocenters. The van der Waals surface area contributed by atoms with Crippen LogP contribution < -0.4 is 10.6 Å². The Labute approximate surface area is 153 Å². The molecule has 0 bridgehead atoms. The van der Waals surface area contributed by atoms with E-state index in [1.165, 1.54) is 0 Å². The smallest absolute Gasteiger partial charge is 0.338 e. The minimum Gasteiger partial charge on any atom is -0.452 e. The number of hydrogen-bond donors (Lipinski definition) is 2. The summed E-state index contributed by atoms with van der Waals surface area (Å²) in [5.74, 6) is -1.36. The topological polar surface area (TPSA) is 84.5 Å². The monoisotopic (exact) mass is 404 g/mol. The standard InChI is InChI=1S/C18H17BrN2O4/c1-11-3-8-15(12(2)9-11)20-18(24)21-16(22)10-25-17(23)13-4-6-14(19)7-5-13/h3-9H,10H2,1-2H3,(H2,20,21,22,24). The highest BCUT2D eigenvalue weighted by Gasteiger charge is 2.13. The van der Waals surface area contributed by atoms with Crippen LogP contribution in [0, 0.1) is 13.8 Å². The highest BCUT2D eigenvalue weighted by molar-refractivity contribution is 9.10. The normalized spacial score (nSPS) is 10.0. The Morgan fingerprint density at radius 2 is 1.72 bits per heavy atom. The van der Waals surface area contributed by atoms with Gasteiger partial charge in [0.2, 0.25) is 0 Å². The fraction of sp³-hybridized carbons (Fsp3) is 0.167. The lowest BCUT2D eigenvalue weighted by atomic mass is 10.1. The molecule has 3 amide bonds. The van der Waals surface area contributed by atoms with E-state index in [1.807, 2.05) is 26.0 Å². The van der Waals surface area contributed by atoms with Crippen molar-refractivity contribution >= 4 is 39.5 Å². The predicted octanol–water partition coefficient (Wildman–Crippen LogP) is 3.57. The third kappa shape index (κ3) is 5.72. The fourth-order valence-electron chi connectivity index (χ4n) is 2.07. The lowest BCUT2D eigenvalue weighted by Gasteiger charge is -2.10. The Balaban J connectivity index is 1.82. The number of benzene rings is 2. The zero-order valence-corrected chi connectivity index (χ0v) is 15.3. The first kappa shape index (κ1) is 18.7. The first-order valence-electron chi connectivity index (χ1n) is 7.46. The number of anilines is 1. The predicted molar refractivity (Wildman–Crippen MR) is 97.5 cm³/mol. The lowest BCUT2D eigenvalue weighted by Crippen LogP contribution is -2.37. The van der Waals surface area contributed by atoms with Crippen molar-refractivity contribution in [3.8, 4) is 0 Å². The van der Waals surface area contributed by atoms with E-state index in [-0.39, 0.29) is 0 Å². The number of amides is 3. The maximum absolute atomic E-state index is 11.8. The zero-order valence-electron chi connectivity index (χ0n) is 13.8. The largest absolute Gasteiger partial charge is 0.452 e. The molecule has 0 atom stereocenters. The number of urea groups is 1. The molecule has 6 nitrogen and oxygen atoms in total. The lowest BCUT2D eigenvalue weighted by molar-refractivity contribution is -0.123. The van der Waals surface area contributed by atoms with E-state index in [4.69, 9.17) is 4.74 Å². The van der Waals surface area contributed by atoms with Crippen LogP contribution in [0.4, 0.5) is 10.5 Å². The molecular weight excluding hydrogens is 388 g/mol. The molecule has 0 aromatic heterocycles. The number of carbonyl (C=O) groups is 3. The summed E-state index contributed by atoms with van der Waals surface area (Å²) in [5.41, 5.74) is 2.86. The second kappa shape index (κ2) is 8.43. The average Bonchev–Trinajstić information content (AvgIpc) is 2.56. The van der Waals surface area contributed by atoms with Crippen LogP contribution in [0.1, 0.15) is 21.5 Å². The molecule has 0 heterocycles. The van der Waals surface area contributed by atoms with Crippen LogP contribution in [0.25, 0.3) is 0 Å². The molecule has 25 heavy (non-hydrogen) atoms. The van der Waals surface area contributed by atoms with Gasteiger partial charge in [-0.15, -0.1) is 0 Å². The molecule has 0 aliphatic rings. The van der Waals surface area contributed by atoms with Gasteiger partial charge in [-0.05, 0) is 49.7 Å². The van der Waals surface area contributed by atoms with Crippen molar-refractivity contribution in [3.05, 3.63) is 63.6 Å². The number of carbonyl (C=O) groups excluding carboxylic acids is 3. The number of hydrogen-bond acceptors (Lipinski definition) is 4. The van der Waals surface area contributed by atoms with Gasteiger partial charge in [0, 0.05) is 10.2 Å². The van der Waals surface area contributed by atoms with Crippen LogP contribution in [-0.2, 0) is 9.53 Å². The van der Waals surface area contributed by atoms with Crippen molar-refractivity contribution < 1.29 is 19.1 Å². The third-order valence-corrected chi connectivity index (χ3v) is 3.83. The van der Waals surface area contributed by atoms with E-state index in [9.17, 15) is 14.4 Å². The molecule has 2 aromatic carbocycles. The van der Waals surface area contributed by atoms with Crippen molar-refractivity contribution in [2.45, 2.75) is 13.8 Å². The summed E-state index contributed by atoms with van der Waals surface area (Å²) in [6, 6.07) is 11.3. The van der Waals surface area contributed by atoms with E-state index in [0.717, 1.165) is 15.6 Å². The number of halogens is 1. The van der Waals surface area contributed by atoms with Crippen LogP contribution in [0.3, 0.4) is 0 Å². The quantitative estimate of drug-likeness (QED) is 0.762. The second-order valence-electron chi connectivity index (χ2n) is 5.40. The van der Waals surface area contributed by atoms with Crippen LogP contribution in [0.2, 0.25) is 0 Å². The van der Waals surface area contributed by atoms with Gasteiger partial charge in [-0.1, -0.05) is 33.6 Å². The molecule has 2 aromatic rings. The second-order valence-corrected chi connectivity index (χ2v) is 6.32. The maximum Gasteiger partial charge on any atom is 0.338 e. The number of esters is 1. The Kier molecular flexibility index (Phi) is 6.30. The van der Waals surface area contributed by atoms with Gasteiger partial charge in [-0.2, -0.15) is 0 Å². The van der Waals surface area contributed by atoms with Crippen LogP contribution >= 0.6 is 15.9 Å². The van der Waals surface area contributed by atoms with Gasteiger partial charge >= 0.3 is 12.0 Å². The van der Waals surface area contributed by atoms with Gasteiger partial charge in [0.05, 0.1) is 5.56 Å². The molecule has 0 radical (unpaired) electrons. The molecule has 7 heteroatoms. The Hall–Kier alpha value is -2.67. The highest BCUT2D eigenvalue weighted by Crippen LogP contribution is 2.15. The van der Waals surface area contributed by atoms with Crippen molar-refractivity contribution in [2.75, 3.05) is 11.9 Å². The molecule has 0 saturated heterocycles. The van der Waals surface area contributed by atoms with E-state index in [0.29, 0.717) is 11.3 Å². The Morgan fingerprint density at radius 3 is 2.36 bits per heavy atom. The summed E-state index contributed by atoms with van der Waals surface area (Å²) >= 11 is 3.26. The first-order valence-corrected chi connectivity index (χ1v) is 8.25. The summed E-state index contributed by atoms with van der Waals surface area (Å²) in [4.78, 5) is 35.3. The summed E-state index contributed by atoms with van der Waals surface area (Å²) in [7, 11) is 0. The number of nitrogens with one attached hydrogen (secondary N) is 2. The van der Waals surface area contributed by atoms with Crippen molar-refractivity contribution in [2.24, 2.45) is 0 Å². The summed E-state index contributed by atoms with van der Waals surface area (Å²) < 4.78 is 5.70. The molecule has 2 rings (SSSR count). The Morgan fingerprint density at radius 1 is 1.04 bits per heavy atom. The third-order valence-electron chi connectivity index (χ3n) is 3.30. The number of ether oxygens (including phenoxy) is 1. The van der Waals surface area contributed by atoms with Crippen molar-refractivity contribution in [1.82, 2.24) is 5.32 Å². The summed E-state index contributed by atoms with van der Waals surface area (Å²) in [5, 5.41) is 4.69. The SMILES string of the molecule is Cc1ccc(NC(=O)NC(=O)COC(=O)c2ccc(Br)cc2)c(C)c1. The number of imide groups is 1. The van der Waals surface area contributed by atoms with E-state index in [2.05, 4.69) is 26.6 Å². The molecule has 2 N–H and O–H groups in total. The fourth-order valence-corrected chi connectivity index (χ4v) is 2.33. The maximum atomic E-state index is 11.8. The highest BCUT2D eigenvalue weighted by atomic mass is 79.9. The zero-order chi connectivity index (χ0) is 18.4. The average molecular weight is 405 g/mol. The molecule has 0 spiro atoms. The Bertz CT molecular complexity index is 803. The molecule has 0 saturated carbocycles. The van der Waals surface area contributed by atoms with Crippen LogP contribution in [-0.4, -0.2) is 24.5 Å². The van der Waals surface area contributed by atoms with E-state index in [1.54, 1.807) is 30.3 Å². The van der Waals surface area contributed by atoms with Gasteiger partial charge in [0.1, 0.15) is 0 Å². The number of aryl methyl sites for hydroxylation is 2. The van der Waals surface area contributed by atoms with Gasteiger partial charge in [0.15, 0.2) is 6.61 Å². The first-order chi connectivity index (χ1) is 11.8. The van der Waals surface area contributed by atoms with Gasteiger partial charge < -0.3 is 10.1 Å². The van der Waals surface area contributed by atoms with Gasteiger partial charge in [0.25, 0.3) is 5.91 Å². The van der Waals surface area contributed by atoms with Crippen molar-refractivity contribution in [1.29, 1.82) is 0 Å².